The van der Waals surface area contributed by atoms with Crippen molar-refractivity contribution >= 4 is 17.5 Å². The zero-order chi connectivity index (χ0) is 14.4. The Morgan fingerprint density at radius 1 is 1.16 bits per heavy atom. The third-order valence-corrected chi connectivity index (χ3v) is 2.91. The molecule has 2 unspecified atom stereocenters. The molecule has 0 bridgehead atoms. The van der Waals surface area contributed by atoms with E-state index in [1.807, 2.05) is 31.2 Å². The highest BCUT2D eigenvalue weighted by Crippen LogP contribution is 2.20. The number of benzene rings is 1. The van der Waals surface area contributed by atoms with Crippen LogP contribution in [-0.4, -0.2) is 17.9 Å². The van der Waals surface area contributed by atoms with Crippen LogP contribution in [-0.2, 0) is 9.59 Å². The number of carbonyl (C=O) groups excluding carboxylic acids is 2. The van der Waals surface area contributed by atoms with Gasteiger partial charge in [0.05, 0.1) is 0 Å². The molecule has 0 saturated carbocycles. The lowest BCUT2D eigenvalue weighted by atomic mass is 9.97. The Bertz CT molecular complexity index is 443. The third-order valence-electron chi connectivity index (χ3n) is 2.91. The van der Waals surface area contributed by atoms with Crippen LogP contribution < -0.4 is 16.8 Å². The minimum absolute atomic E-state index is 0.0851. The van der Waals surface area contributed by atoms with Crippen molar-refractivity contribution in [1.29, 1.82) is 0 Å². The third kappa shape index (κ3) is 5.42. The standard InChI is InChI=1S/C14H21N3O2/c1-9(11-3-5-12(15)6-4-11)7-14(19)17-10(2)8-13(16)18/h3-6,9-10H,7-8,15H2,1-2H3,(H2,16,18)(H,17,19). The van der Waals surface area contributed by atoms with Crippen molar-refractivity contribution in [3.05, 3.63) is 29.8 Å². The van der Waals surface area contributed by atoms with Gasteiger partial charge in [-0.2, -0.15) is 0 Å². The van der Waals surface area contributed by atoms with E-state index in [2.05, 4.69) is 5.32 Å². The fraction of sp³-hybridized carbons (Fsp3) is 0.429. The van der Waals surface area contributed by atoms with Crippen molar-refractivity contribution in [3.8, 4) is 0 Å². The number of nitrogen functional groups attached to an aromatic ring is 1. The van der Waals surface area contributed by atoms with E-state index in [1.54, 1.807) is 6.92 Å². The highest BCUT2D eigenvalue weighted by molar-refractivity contribution is 5.79. The molecule has 0 fully saturated rings. The van der Waals surface area contributed by atoms with Crippen molar-refractivity contribution in [2.75, 3.05) is 5.73 Å². The van der Waals surface area contributed by atoms with Crippen LogP contribution >= 0.6 is 0 Å². The number of anilines is 1. The summed E-state index contributed by atoms with van der Waals surface area (Å²) in [5, 5.41) is 2.76. The molecule has 0 aliphatic heterocycles. The Kier molecular flexibility index (Phi) is 5.36. The van der Waals surface area contributed by atoms with Gasteiger partial charge in [0.1, 0.15) is 0 Å². The predicted molar refractivity (Wildman–Crippen MR) is 75.3 cm³/mol. The molecule has 1 aromatic carbocycles. The summed E-state index contributed by atoms with van der Waals surface area (Å²) in [6.45, 7) is 3.74. The topological polar surface area (TPSA) is 98.2 Å². The van der Waals surface area contributed by atoms with Gasteiger partial charge >= 0.3 is 0 Å². The maximum atomic E-state index is 11.8. The number of amides is 2. The summed E-state index contributed by atoms with van der Waals surface area (Å²) in [6, 6.07) is 7.24. The SMILES string of the molecule is CC(CC(N)=O)NC(=O)CC(C)c1ccc(N)cc1. The van der Waals surface area contributed by atoms with Gasteiger partial charge < -0.3 is 16.8 Å². The molecule has 5 heteroatoms. The van der Waals surface area contributed by atoms with Gasteiger partial charge in [-0.1, -0.05) is 19.1 Å². The van der Waals surface area contributed by atoms with Crippen LogP contribution in [0.5, 0.6) is 0 Å². The van der Waals surface area contributed by atoms with E-state index in [4.69, 9.17) is 11.5 Å². The molecule has 1 aromatic rings. The van der Waals surface area contributed by atoms with Gasteiger partial charge in [-0.3, -0.25) is 9.59 Å². The van der Waals surface area contributed by atoms with Crippen LogP contribution in [0.4, 0.5) is 5.69 Å². The second-order valence-corrected chi connectivity index (χ2v) is 4.91. The van der Waals surface area contributed by atoms with E-state index in [-0.39, 0.29) is 24.3 Å². The molecule has 2 amide bonds. The Morgan fingerprint density at radius 2 is 1.74 bits per heavy atom. The molecule has 0 aromatic heterocycles. The number of carbonyl (C=O) groups is 2. The minimum Gasteiger partial charge on any atom is -0.399 e. The van der Waals surface area contributed by atoms with E-state index in [0.717, 1.165) is 5.56 Å². The summed E-state index contributed by atoms with van der Waals surface area (Å²) >= 11 is 0. The van der Waals surface area contributed by atoms with E-state index in [9.17, 15) is 9.59 Å². The summed E-state index contributed by atoms with van der Waals surface area (Å²) in [5.74, 6) is -0.404. The Morgan fingerprint density at radius 3 is 2.26 bits per heavy atom. The average Bonchev–Trinajstić information content (AvgIpc) is 2.27. The molecular formula is C14H21N3O2. The van der Waals surface area contributed by atoms with Crippen LogP contribution in [0.25, 0.3) is 0 Å². The number of rotatable bonds is 6. The highest BCUT2D eigenvalue weighted by Gasteiger charge is 2.14. The summed E-state index contributed by atoms with van der Waals surface area (Å²) in [7, 11) is 0. The van der Waals surface area contributed by atoms with Crippen molar-refractivity contribution in [1.82, 2.24) is 5.32 Å². The lowest BCUT2D eigenvalue weighted by molar-refractivity contribution is -0.122. The minimum atomic E-state index is -0.417. The highest BCUT2D eigenvalue weighted by atomic mass is 16.2. The van der Waals surface area contributed by atoms with E-state index in [1.165, 1.54) is 0 Å². The Labute approximate surface area is 113 Å². The fourth-order valence-electron chi connectivity index (χ4n) is 1.91. The molecule has 5 nitrogen and oxygen atoms in total. The molecular weight excluding hydrogens is 242 g/mol. The molecule has 0 spiro atoms. The van der Waals surface area contributed by atoms with Gasteiger partial charge in [0.25, 0.3) is 0 Å². The number of hydrogen-bond donors (Lipinski definition) is 3. The summed E-state index contributed by atoms with van der Waals surface area (Å²) in [6.07, 6.45) is 0.523. The largest absolute Gasteiger partial charge is 0.399 e. The molecule has 0 aliphatic carbocycles. The Balaban J connectivity index is 2.47. The first-order chi connectivity index (χ1) is 8.88. The molecule has 0 aliphatic rings. The van der Waals surface area contributed by atoms with Gasteiger partial charge in [-0.05, 0) is 30.5 Å². The fourth-order valence-corrected chi connectivity index (χ4v) is 1.91. The van der Waals surface area contributed by atoms with Crippen LogP contribution in [0.1, 0.15) is 38.2 Å². The number of primary amides is 1. The van der Waals surface area contributed by atoms with Crippen LogP contribution in [0.3, 0.4) is 0 Å². The molecule has 1 rings (SSSR count). The zero-order valence-electron chi connectivity index (χ0n) is 11.3. The summed E-state index contributed by atoms with van der Waals surface area (Å²) in [5.41, 5.74) is 12.5. The Hall–Kier alpha value is -2.04. The zero-order valence-corrected chi connectivity index (χ0v) is 11.3. The predicted octanol–water partition coefficient (Wildman–Crippen LogP) is 1.14. The first-order valence-corrected chi connectivity index (χ1v) is 6.31. The molecule has 104 valence electrons. The molecule has 0 heterocycles. The van der Waals surface area contributed by atoms with Gasteiger partial charge in [0, 0.05) is 24.6 Å². The van der Waals surface area contributed by atoms with Crippen molar-refractivity contribution in [2.45, 2.75) is 38.6 Å². The first kappa shape index (κ1) is 15.0. The molecule has 0 radical (unpaired) electrons. The average molecular weight is 263 g/mol. The number of nitrogens with two attached hydrogens (primary N) is 2. The van der Waals surface area contributed by atoms with Crippen molar-refractivity contribution in [2.24, 2.45) is 5.73 Å². The van der Waals surface area contributed by atoms with E-state index in [0.29, 0.717) is 12.1 Å². The molecule has 19 heavy (non-hydrogen) atoms. The second kappa shape index (κ2) is 6.78. The van der Waals surface area contributed by atoms with Gasteiger partial charge in [0.2, 0.25) is 11.8 Å². The van der Waals surface area contributed by atoms with Crippen LogP contribution in [0, 0.1) is 0 Å². The summed E-state index contributed by atoms with van der Waals surface area (Å²) < 4.78 is 0. The van der Waals surface area contributed by atoms with E-state index < -0.39 is 5.91 Å². The monoisotopic (exact) mass is 263 g/mol. The second-order valence-electron chi connectivity index (χ2n) is 4.91. The van der Waals surface area contributed by atoms with E-state index >= 15 is 0 Å². The maximum Gasteiger partial charge on any atom is 0.220 e. The van der Waals surface area contributed by atoms with Crippen LogP contribution in [0.2, 0.25) is 0 Å². The van der Waals surface area contributed by atoms with Crippen molar-refractivity contribution < 1.29 is 9.59 Å². The first-order valence-electron chi connectivity index (χ1n) is 6.31. The van der Waals surface area contributed by atoms with Gasteiger partial charge in [0.15, 0.2) is 0 Å². The van der Waals surface area contributed by atoms with Gasteiger partial charge in [-0.25, -0.2) is 0 Å². The summed E-state index contributed by atoms with van der Waals surface area (Å²) in [4.78, 5) is 22.5. The number of hydrogen-bond acceptors (Lipinski definition) is 3. The van der Waals surface area contributed by atoms with Crippen molar-refractivity contribution in [3.63, 3.8) is 0 Å². The van der Waals surface area contributed by atoms with Gasteiger partial charge in [-0.15, -0.1) is 0 Å². The normalized spacial score (nSPS) is 13.6. The molecule has 5 N–H and O–H groups in total. The lowest BCUT2D eigenvalue weighted by Gasteiger charge is -2.15. The molecule has 0 saturated heterocycles. The molecule has 2 atom stereocenters. The smallest absolute Gasteiger partial charge is 0.220 e. The quantitative estimate of drug-likeness (QED) is 0.671. The lowest BCUT2D eigenvalue weighted by Crippen LogP contribution is -2.36. The maximum absolute atomic E-state index is 11.8. The number of nitrogens with one attached hydrogen (secondary N) is 1. The van der Waals surface area contributed by atoms with Crippen LogP contribution in [0.15, 0.2) is 24.3 Å².